The number of hydrogen-bond donors (Lipinski definition) is 0. The number of ether oxygens (including phenoxy) is 1. The first-order chi connectivity index (χ1) is 15.8. The van der Waals surface area contributed by atoms with Crippen molar-refractivity contribution in [3.8, 4) is 0 Å². The van der Waals surface area contributed by atoms with Crippen LogP contribution in [0.25, 0.3) is 11.0 Å². The van der Waals surface area contributed by atoms with Gasteiger partial charge in [-0.25, -0.2) is 9.18 Å². The molecule has 0 aliphatic carbocycles. The number of benzene rings is 2. The van der Waals surface area contributed by atoms with E-state index in [0.29, 0.717) is 59.0 Å². The van der Waals surface area contributed by atoms with Crippen LogP contribution in [-0.4, -0.2) is 55.3 Å². The number of para-hydroxylation sites is 1. The highest BCUT2D eigenvalue weighted by Gasteiger charge is 2.26. The third-order valence-corrected chi connectivity index (χ3v) is 6.05. The minimum atomic E-state index is -0.737. The van der Waals surface area contributed by atoms with E-state index in [1.807, 2.05) is 4.90 Å². The Morgan fingerprint density at radius 1 is 1.12 bits per heavy atom. The van der Waals surface area contributed by atoms with Crippen molar-refractivity contribution >= 4 is 45.9 Å². The maximum absolute atomic E-state index is 14.4. The second kappa shape index (κ2) is 9.23. The number of fused-ring (bicyclic) bond motifs is 1. The maximum Gasteiger partial charge on any atom is 0.375 e. The van der Waals surface area contributed by atoms with Crippen molar-refractivity contribution in [2.45, 2.75) is 13.8 Å². The van der Waals surface area contributed by atoms with Crippen molar-refractivity contribution in [2.75, 3.05) is 37.7 Å². The predicted octanol–water partition coefficient (Wildman–Crippen LogP) is 4.24. The van der Waals surface area contributed by atoms with E-state index in [1.165, 1.54) is 13.0 Å². The third-order valence-electron chi connectivity index (χ3n) is 5.76. The Kier molecular flexibility index (Phi) is 6.37. The number of piperazine rings is 1. The number of carbonyl (C=O) groups is 3. The molecule has 1 aliphatic rings. The summed E-state index contributed by atoms with van der Waals surface area (Å²) in [6, 6.07) is 9.60. The van der Waals surface area contributed by atoms with Crippen LogP contribution in [-0.2, 0) is 9.53 Å². The molecule has 1 fully saturated rings. The van der Waals surface area contributed by atoms with E-state index in [4.69, 9.17) is 20.8 Å². The molecule has 172 valence electrons. The van der Waals surface area contributed by atoms with Crippen LogP contribution in [0.1, 0.15) is 33.4 Å². The minimum absolute atomic E-state index is 0.0141. The summed E-state index contributed by atoms with van der Waals surface area (Å²) in [7, 11) is 0. The molecule has 1 aromatic heterocycles. The van der Waals surface area contributed by atoms with Crippen molar-refractivity contribution in [3.05, 3.63) is 64.1 Å². The first kappa shape index (κ1) is 22.8. The van der Waals surface area contributed by atoms with Gasteiger partial charge in [0.2, 0.25) is 5.76 Å². The largest absolute Gasteiger partial charge is 0.450 e. The van der Waals surface area contributed by atoms with Gasteiger partial charge < -0.3 is 19.0 Å². The van der Waals surface area contributed by atoms with Crippen molar-refractivity contribution in [1.82, 2.24) is 4.90 Å². The standard InChI is InChI=1S/C24H22ClFN2O5/c1-14-17-4-3-5-18(25)23(17)33-22(14)24(31)32-13-21(30)28-10-8-27(9-11-28)20-7-6-16(15(2)29)12-19(20)26/h3-7,12H,8-11,13H2,1-2H3. The van der Waals surface area contributed by atoms with E-state index in [1.54, 1.807) is 42.2 Å². The van der Waals surface area contributed by atoms with Gasteiger partial charge >= 0.3 is 5.97 Å². The highest BCUT2D eigenvalue weighted by atomic mass is 35.5. The Morgan fingerprint density at radius 2 is 1.85 bits per heavy atom. The molecule has 1 aliphatic heterocycles. The maximum atomic E-state index is 14.4. The van der Waals surface area contributed by atoms with E-state index in [2.05, 4.69) is 0 Å². The second-order valence-corrected chi connectivity index (χ2v) is 8.25. The number of esters is 1. The lowest BCUT2D eigenvalue weighted by Crippen LogP contribution is -2.50. The molecule has 0 spiro atoms. The number of Topliss-reactive ketones (excluding diaryl/α,β-unsaturated/α-hetero) is 1. The van der Waals surface area contributed by atoms with E-state index < -0.39 is 18.4 Å². The number of carbonyl (C=O) groups excluding carboxylic acids is 3. The molecule has 33 heavy (non-hydrogen) atoms. The number of amides is 1. The monoisotopic (exact) mass is 472 g/mol. The summed E-state index contributed by atoms with van der Waals surface area (Å²) < 4.78 is 25.2. The van der Waals surface area contributed by atoms with Gasteiger partial charge in [0.1, 0.15) is 5.82 Å². The predicted molar refractivity (Wildman–Crippen MR) is 121 cm³/mol. The molecule has 3 aromatic rings. The fraction of sp³-hybridized carbons (Fsp3) is 0.292. The highest BCUT2D eigenvalue weighted by Crippen LogP contribution is 2.31. The van der Waals surface area contributed by atoms with Crippen LogP contribution < -0.4 is 4.90 Å². The van der Waals surface area contributed by atoms with Gasteiger partial charge in [0.25, 0.3) is 5.91 Å². The number of hydrogen-bond acceptors (Lipinski definition) is 6. The first-order valence-corrected chi connectivity index (χ1v) is 10.8. The molecule has 0 bridgehead atoms. The lowest BCUT2D eigenvalue weighted by Gasteiger charge is -2.36. The van der Waals surface area contributed by atoms with Gasteiger partial charge in [-0.3, -0.25) is 9.59 Å². The number of aryl methyl sites for hydroxylation is 1. The SMILES string of the molecule is CC(=O)c1ccc(N2CCN(C(=O)COC(=O)c3oc4c(Cl)cccc4c3C)CC2)c(F)c1. The zero-order valence-electron chi connectivity index (χ0n) is 18.2. The van der Waals surface area contributed by atoms with Crippen molar-refractivity contribution in [1.29, 1.82) is 0 Å². The summed E-state index contributed by atoms with van der Waals surface area (Å²) >= 11 is 6.11. The molecule has 0 atom stereocenters. The number of rotatable bonds is 5. The molecule has 4 rings (SSSR count). The number of furan rings is 1. The summed E-state index contributed by atoms with van der Waals surface area (Å²) in [4.78, 5) is 39.8. The van der Waals surface area contributed by atoms with Gasteiger partial charge in [-0.1, -0.05) is 23.7 Å². The Balaban J connectivity index is 1.33. The van der Waals surface area contributed by atoms with Crippen LogP contribution in [0.15, 0.2) is 40.8 Å². The minimum Gasteiger partial charge on any atom is -0.450 e. The normalized spacial score (nSPS) is 13.9. The topological polar surface area (TPSA) is 80.1 Å². The first-order valence-electron chi connectivity index (χ1n) is 10.4. The molecular formula is C24H22ClFN2O5. The van der Waals surface area contributed by atoms with Crippen LogP contribution in [0.2, 0.25) is 5.02 Å². The number of nitrogens with zero attached hydrogens (tertiary/aromatic N) is 2. The smallest absolute Gasteiger partial charge is 0.375 e. The molecule has 7 nitrogen and oxygen atoms in total. The summed E-state index contributed by atoms with van der Waals surface area (Å²) in [5.41, 5.74) is 1.69. The molecule has 2 aromatic carbocycles. The summed E-state index contributed by atoms with van der Waals surface area (Å²) in [6.45, 7) is 4.21. The van der Waals surface area contributed by atoms with Crippen LogP contribution in [0.5, 0.6) is 0 Å². The summed E-state index contributed by atoms with van der Waals surface area (Å²) in [5.74, 6) is -1.74. The average Bonchev–Trinajstić information content (AvgIpc) is 3.15. The molecule has 9 heteroatoms. The number of halogens is 2. The van der Waals surface area contributed by atoms with E-state index in [-0.39, 0.29) is 17.5 Å². The Labute approximate surface area is 194 Å². The number of anilines is 1. The van der Waals surface area contributed by atoms with Gasteiger partial charge in [-0.05, 0) is 38.1 Å². The van der Waals surface area contributed by atoms with Crippen molar-refractivity contribution in [2.24, 2.45) is 0 Å². The van der Waals surface area contributed by atoms with Crippen LogP contribution in [0, 0.1) is 12.7 Å². The molecule has 0 N–H and O–H groups in total. The lowest BCUT2D eigenvalue weighted by molar-refractivity contribution is -0.134. The Morgan fingerprint density at radius 3 is 2.48 bits per heavy atom. The molecule has 1 saturated heterocycles. The zero-order valence-corrected chi connectivity index (χ0v) is 18.9. The third kappa shape index (κ3) is 4.57. The fourth-order valence-electron chi connectivity index (χ4n) is 3.87. The van der Waals surface area contributed by atoms with Gasteiger partial charge in [0.15, 0.2) is 18.0 Å². The molecule has 0 radical (unpaired) electrons. The Bertz CT molecular complexity index is 1250. The molecule has 0 saturated carbocycles. The Hall–Kier alpha value is -3.39. The second-order valence-electron chi connectivity index (χ2n) is 7.84. The zero-order chi connectivity index (χ0) is 23.7. The fourth-order valence-corrected chi connectivity index (χ4v) is 4.08. The van der Waals surface area contributed by atoms with Crippen LogP contribution >= 0.6 is 11.6 Å². The lowest BCUT2D eigenvalue weighted by atomic mass is 10.1. The average molecular weight is 473 g/mol. The molecule has 0 unspecified atom stereocenters. The number of ketones is 1. The molecular weight excluding hydrogens is 451 g/mol. The van der Waals surface area contributed by atoms with Gasteiger partial charge in [-0.15, -0.1) is 0 Å². The highest BCUT2D eigenvalue weighted by molar-refractivity contribution is 6.35. The van der Waals surface area contributed by atoms with Crippen LogP contribution in [0.4, 0.5) is 10.1 Å². The van der Waals surface area contributed by atoms with E-state index in [0.717, 1.165) is 0 Å². The van der Waals surface area contributed by atoms with Crippen molar-refractivity contribution < 1.29 is 27.9 Å². The van der Waals surface area contributed by atoms with Crippen molar-refractivity contribution in [3.63, 3.8) is 0 Å². The summed E-state index contributed by atoms with van der Waals surface area (Å²) in [5, 5.41) is 1.09. The molecule has 2 heterocycles. The van der Waals surface area contributed by atoms with Crippen LogP contribution in [0.3, 0.4) is 0 Å². The van der Waals surface area contributed by atoms with Gasteiger partial charge in [-0.2, -0.15) is 0 Å². The summed E-state index contributed by atoms with van der Waals surface area (Å²) in [6.07, 6.45) is 0. The quantitative estimate of drug-likeness (QED) is 0.408. The molecule has 1 amide bonds. The van der Waals surface area contributed by atoms with Gasteiger partial charge in [0.05, 0.1) is 10.7 Å². The van der Waals surface area contributed by atoms with E-state index in [9.17, 15) is 18.8 Å². The van der Waals surface area contributed by atoms with E-state index >= 15 is 0 Å². The van der Waals surface area contributed by atoms with Gasteiger partial charge in [0, 0.05) is 42.7 Å².